The second-order valence-electron chi connectivity index (χ2n) is 3.61. The van der Waals surface area contributed by atoms with E-state index in [1.165, 1.54) is 6.26 Å². The molecule has 0 radical (unpaired) electrons. The number of nitrogens with zero attached hydrogens (tertiary/aromatic N) is 1. The molecule has 0 aliphatic carbocycles. The summed E-state index contributed by atoms with van der Waals surface area (Å²) in [6.07, 6.45) is 7.41. The molecule has 0 spiro atoms. The lowest BCUT2D eigenvalue weighted by Gasteiger charge is -2.14. The zero-order chi connectivity index (χ0) is 10.6. The topological polar surface area (TPSA) is 36.9 Å². The Labute approximate surface area is 84.5 Å². The average molecular weight is 187 g/mol. The van der Waals surface area contributed by atoms with E-state index in [1.54, 1.807) is 6.07 Å². The average Bonchev–Trinajstić information content (AvgIpc) is 2.61. The first-order valence-electron chi connectivity index (χ1n) is 4.61. The minimum absolute atomic E-state index is 0.210. The highest BCUT2D eigenvalue weighted by molar-refractivity contribution is 5.28. The van der Waals surface area contributed by atoms with Gasteiger partial charge in [-0.25, -0.2) is 0 Å². The van der Waals surface area contributed by atoms with E-state index in [1.807, 2.05) is 6.07 Å². The van der Waals surface area contributed by atoms with Gasteiger partial charge in [0.25, 0.3) is 0 Å². The summed E-state index contributed by atoms with van der Waals surface area (Å²) in [6.45, 7) is 4.19. The van der Waals surface area contributed by atoms with E-state index in [-0.39, 0.29) is 5.92 Å². The Morgan fingerprint density at radius 3 is 2.71 bits per heavy atom. The summed E-state index contributed by atoms with van der Waals surface area (Å²) >= 11 is 0. The molecule has 0 N–H and O–H groups in total. The summed E-state index contributed by atoms with van der Waals surface area (Å²) in [5.74, 6) is 4.08. The molecule has 1 unspecified atom stereocenters. The highest BCUT2D eigenvalue weighted by Crippen LogP contribution is 2.28. The van der Waals surface area contributed by atoms with E-state index in [0.717, 1.165) is 5.76 Å². The smallest absolute Gasteiger partial charge is 0.109 e. The summed E-state index contributed by atoms with van der Waals surface area (Å²) in [5.41, 5.74) is 0.558. The number of furan rings is 1. The lowest BCUT2D eigenvalue weighted by Crippen LogP contribution is -2.04. The van der Waals surface area contributed by atoms with Crippen molar-refractivity contribution >= 4 is 0 Å². The van der Waals surface area contributed by atoms with Crippen molar-refractivity contribution in [3.8, 4) is 18.4 Å². The van der Waals surface area contributed by atoms with Gasteiger partial charge in [-0.3, -0.25) is 0 Å². The van der Waals surface area contributed by atoms with E-state index in [4.69, 9.17) is 16.1 Å². The molecule has 0 aromatic carbocycles. The molecule has 72 valence electrons. The standard InChI is InChI=1S/C12H13NO/c1-4-5-11(9(2)3)12-6-10(7-13)8-14-12/h1,6,8-9,11H,5H2,2-3H3. The Hall–Kier alpha value is -1.67. The third-order valence-corrected chi connectivity index (χ3v) is 2.26. The molecule has 1 atom stereocenters. The van der Waals surface area contributed by atoms with Crippen LogP contribution in [-0.4, -0.2) is 0 Å². The summed E-state index contributed by atoms with van der Waals surface area (Å²) in [7, 11) is 0. The molecule has 2 heteroatoms. The van der Waals surface area contributed by atoms with Crippen molar-refractivity contribution in [3.05, 3.63) is 23.7 Å². The van der Waals surface area contributed by atoms with Crippen molar-refractivity contribution in [2.24, 2.45) is 5.92 Å². The third-order valence-electron chi connectivity index (χ3n) is 2.26. The predicted molar refractivity (Wildman–Crippen MR) is 54.5 cm³/mol. The maximum absolute atomic E-state index is 8.65. The van der Waals surface area contributed by atoms with Gasteiger partial charge in [0, 0.05) is 12.3 Å². The van der Waals surface area contributed by atoms with Gasteiger partial charge < -0.3 is 4.42 Å². The van der Waals surface area contributed by atoms with Crippen molar-refractivity contribution < 1.29 is 4.42 Å². The Bertz CT molecular complexity index is 376. The van der Waals surface area contributed by atoms with Crippen LogP contribution in [0.4, 0.5) is 0 Å². The lowest BCUT2D eigenvalue weighted by molar-refractivity contribution is 0.399. The highest BCUT2D eigenvalue weighted by atomic mass is 16.3. The fourth-order valence-corrected chi connectivity index (χ4v) is 1.40. The van der Waals surface area contributed by atoms with Crippen LogP contribution in [0.3, 0.4) is 0 Å². The van der Waals surface area contributed by atoms with Crippen LogP contribution < -0.4 is 0 Å². The summed E-state index contributed by atoms with van der Waals surface area (Å²) in [4.78, 5) is 0. The number of rotatable bonds is 3. The van der Waals surface area contributed by atoms with Gasteiger partial charge in [0.05, 0.1) is 5.56 Å². The van der Waals surface area contributed by atoms with Crippen LogP contribution in [0.2, 0.25) is 0 Å². The second kappa shape index (κ2) is 4.53. The Morgan fingerprint density at radius 2 is 2.29 bits per heavy atom. The van der Waals surface area contributed by atoms with E-state index >= 15 is 0 Å². The van der Waals surface area contributed by atoms with Crippen molar-refractivity contribution in [1.29, 1.82) is 5.26 Å². The first-order chi connectivity index (χ1) is 6.69. The van der Waals surface area contributed by atoms with Crippen molar-refractivity contribution in [2.75, 3.05) is 0 Å². The van der Waals surface area contributed by atoms with Crippen LogP contribution in [0.25, 0.3) is 0 Å². The number of terminal acetylenes is 1. The maximum Gasteiger partial charge on any atom is 0.109 e. The van der Waals surface area contributed by atoms with Gasteiger partial charge in [0.1, 0.15) is 18.1 Å². The molecule has 0 amide bonds. The zero-order valence-corrected chi connectivity index (χ0v) is 8.45. The molecule has 0 aliphatic heterocycles. The van der Waals surface area contributed by atoms with Crippen LogP contribution in [-0.2, 0) is 0 Å². The molecule has 0 bridgehead atoms. The largest absolute Gasteiger partial charge is 0.468 e. The van der Waals surface area contributed by atoms with Crippen LogP contribution in [0.5, 0.6) is 0 Å². The Kier molecular flexibility index (Phi) is 3.37. The normalized spacial score (nSPS) is 12.1. The number of nitriles is 1. The van der Waals surface area contributed by atoms with E-state index in [0.29, 0.717) is 17.9 Å². The maximum atomic E-state index is 8.65. The van der Waals surface area contributed by atoms with Crippen LogP contribution in [0.1, 0.15) is 37.5 Å². The van der Waals surface area contributed by atoms with Crippen molar-refractivity contribution in [3.63, 3.8) is 0 Å². The lowest BCUT2D eigenvalue weighted by atomic mass is 9.90. The second-order valence-corrected chi connectivity index (χ2v) is 3.61. The molecule has 0 aliphatic rings. The molecule has 0 fully saturated rings. The molecule has 0 saturated carbocycles. The van der Waals surface area contributed by atoms with E-state index < -0.39 is 0 Å². The molecule has 14 heavy (non-hydrogen) atoms. The Morgan fingerprint density at radius 1 is 1.57 bits per heavy atom. The minimum atomic E-state index is 0.210. The van der Waals surface area contributed by atoms with Crippen molar-refractivity contribution in [2.45, 2.75) is 26.2 Å². The molecule has 1 heterocycles. The fraction of sp³-hybridized carbons (Fsp3) is 0.417. The van der Waals surface area contributed by atoms with Crippen LogP contribution >= 0.6 is 0 Å². The molecule has 1 aromatic rings. The highest BCUT2D eigenvalue weighted by Gasteiger charge is 2.18. The van der Waals surface area contributed by atoms with Crippen LogP contribution in [0.15, 0.2) is 16.7 Å². The predicted octanol–water partition coefficient (Wildman–Crippen LogP) is 2.91. The SMILES string of the molecule is C#CCC(c1cc(C#N)co1)C(C)C. The van der Waals surface area contributed by atoms with Crippen LogP contribution in [0, 0.1) is 29.6 Å². The van der Waals surface area contributed by atoms with Gasteiger partial charge in [-0.05, 0) is 12.0 Å². The third kappa shape index (κ3) is 2.18. The first-order valence-corrected chi connectivity index (χ1v) is 4.61. The summed E-state index contributed by atoms with van der Waals surface area (Å²) < 4.78 is 5.31. The van der Waals surface area contributed by atoms with Gasteiger partial charge in [0.15, 0.2) is 0 Å². The minimum Gasteiger partial charge on any atom is -0.468 e. The zero-order valence-electron chi connectivity index (χ0n) is 8.45. The van der Waals surface area contributed by atoms with Gasteiger partial charge in [-0.1, -0.05) is 13.8 Å². The fourth-order valence-electron chi connectivity index (χ4n) is 1.40. The number of hydrogen-bond donors (Lipinski definition) is 0. The molecular formula is C12H13NO. The molecule has 2 nitrogen and oxygen atoms in total. The summed E-state index contributed by atoms with van der Waals surface area (Å²) in [6, 6.07) is 3.80. The van der Waals surface area contributed by atoms with Gasteiger partial charge in [-0.2, -0.15) is 5.26 Å². The molecule has 1 rings (SSSR count). The molecule has 0 saturated heterocycles. The van der Waals surface area contributed by atoms with Crippen molar-refractivity contribution in [1.82, 2.24) is 0 Å². The monoisotopic (exact) mass is 187 g/mol. The van der Waals surface area contributed by atoms with Gasteiger partial charge in [-0.15, -0.1) is 12.3 Å². The van der Waals surface area contributed by atoms with Gasteiger partial charge >= 0.3 is 0 Å². The number of hydrogen-bond acceptors (Lipinski definition) is 2. The molecule has 1 aromatic heterocycles. The first kappa shape index (κ1) is 10.4. The van der Waals surface area contributed by atoms with Gasteiger partial charge in [0.2, 0.25) is 0 Å². The van der Waals surface area contributed by atoms with E-state index in [9.17, 15) is 0 Å². The molecular weight excluding hydrogens is 174 g/mol. The van der Waals surface area contributed by atoms with E-state index in [2.05, 4.69) is 19.8 Å². The summed E-state index contributed by atoms with van der Waals surface area (Å²) in [5, 5.41) is 8.65. The Balaban J connectivity index is 2.90. The quantitative estimate of drug-likeness (QED) is 0.682.